The molecule has 1 unspecified atom stereocenters. The highest BCUT2D eigenvalue weighted by Gasteiger charge is 2.20. The lowest BCUT2D eigenvalue weighted by Gasteiger charge is -2.21. The molecule has 1 aromatic heterocycles. The van der Waals surface area contributed by atoms with Crippen molar-refractivity contribution in [2.45, 2.75) is 25.6 Å². The van der Waals surface area contributed by atoms with Crippen molar-refractivity contribution in [3.05, 3.63) is 23.7 Å². The van der Waals surface area contributed by atoms with E-state index in [1.807, 2.05) is 23.9 Å². The normalized spacial score (nSPS) is 21.4. The van der Waals surface area contributed by atoms with Crippen molar-refractivity contribution >= 4 is 11.8 Å². The predicted molar refractivity (Wildman–Crippen MR) is 61.8 cm³/mol. The first kappa shape index (κ1) is 11.0. The van der Waals surface area contributed by atoms with Crippen LogP contribution in [0.1, 0.15) is 17.9 Å². The van der Waals surface area contributed by atoms with E-state index in [4.69, 9.17) is 9.52 Å². The van der Waals surface area contributed by atoms with Crippen LogP contribution in [0.4, 0.5) is 0 Å². The van der Waals surface area contributed by atoms with Crippen LogP contribution in [0, 0.1) is 0 Å². The van der Waals surface area contributed by atoms with E-state index in [0.29, 0.717) is 11.8 Å². The van der Waals surface area contributed by atoms with E-state index in [0.717, 1.165) is 12.3 Å². The zero-order chi connectivity index (χ0) is 10.7. The molecule has 15 heavy (non-hydrogen) atoms. The second-order valence-corrected chi connectivity index (χ2v) is 5.11. The first-order valence-electron chi connectivity index (χ1n) is 5.26. The maximum absolute atomic E-state index is 8.89. The highest BCUT2D eigenvalue weighted by atomic mass is 32.2. The quantitative estimate of drug-likeness (QED) is 0.849. The summed E-state index contributed by atoms with van der Waals surface area (Å²) in [6, 6.07) is 4.47. The van der Waals surface area contributed by atoms with Gasteiger partial charge in [-0.3, -0.25) is 4.90 Å². The summed E-state index contributed by atoms with van der Waals surface area (Å²) in [7, 11) is 2.14. The second-order valence-electron chi connectivity index (χ2n) is 3.96. The van der Waals surface area contributed by atoms with Gasteiger partial charge in [-0.1, -0.05) is 0 Å². The molecule has 3 nitrogen and oxygen atoms in total. The molecule has 1 N–H and O–H groups in total. The second kappa shape index (κ2) is 5.05. The van der Waals surface area contributed by atoms with E-state index in [1.165, 1.54) is 17.9 Å². The summed E-state index contributed by atoms with van der Waals surface area (Å²) >= 11 is 2.02. The molecule has 2 rings (SSSR count). The highest BCUT2D eigenvalue weighted by molar-refractivity contribution is 7.99. The van der Waals surface area contributed by atoms with Crippen LogP contribution in [0.2, 0.25) is 0 Å². The maximum Gasteiger partial charge on any atom is 0.129 e. The standard InChI is InChI=1S/C11H17NO2S/c1-12(9-4-5-15-8-9)6-10-2-3-11(7-13)14-10/h2-3,9,13H,4-8H2,1H3. The average molecular weight is 227 g/mol. The van der Waals surface area contributed by atoms with Gasteiger partial charge in [0.2, 0.25) is 0 Å². The molecule has 0 aliphatic carbocycles. The van der Waals surface area contributed by atoms with Crippen LogP contribution < -0.4 is 0 Å². The summed E-state index contributed by atoms with van der Waals surface area (Å²) in [5, 5.41) is 8.89. The molecule has 0 saturated carbocycles. The Bertz CT molecular complexity index is 307. The number of furan rings is 1. The van der Waals surface area contributed by atoms with Crippen molar-refractivity contribution in [1.29, 1.82) is 0 Å². The highest BCUT2D eigenvalue weighted by Crippen LogP contribution is 2.22. The van der Waals surface area contributed by atoms with Gasteiger partial charge in [-0.25, -0.2) is 0 Å². The third kappa shape index (κ3) is 2.77. The number of aliphatic hydroxyl groups excluding tert-OH is 1. The molecule has 0 aromatic carbocycles. The number of nitrogens with zero attached hydrogens (tertiary/aromatic N) is 1. The van der Waals surface area contributed by atoms with Crippen molar-refractivity contribution in [2.75, 3.05) is 18.6 Å². The van der Waals surface area contributed by atoms with E-state index in [1.54, 1.807) is 0 Å². The van der Waals surface area contributed by atoms with Gasteiger partial charge >= 0.3 is 0 Å². The summed E-state index contributed by atoms with van der Waals surface area (Å²) < 4.78 is 5.46. The minimum atomic E-state index is -0.0109. The molecule has 1 saturated heterocycles. The molecule has 0 bridgehead atoms. The van der Waals surface area contributed by atoms with Gasteiger partial charge in [0, 0.05) is 11.8 Å². The van der Waals surface area contributed by atoms with Crippen LogP contribution in [0.5, 0.6) is 0 Å². The van der Waals surface area contributed by atoms with Gasteiger partial charge in [0.15, 0.2) is 0 Å². The van der Waals surface area contributed by atoms with Gasteiger partial charge < -0.3 is 9.52 Å². The molecule has 1 fully saturated rings. The molecule has 1 aliphatic heterocycles. The SMILES string of the molecule is CN(Cc1ccc(CO)o1)C1CCSC1. The molecule has 1 aliphatic rings. The largest absolute Gasteiger partial charge is 0.462 e. The van der Waals surface area contributed by atoms with E-state index < -0.39 is 0 Å². The Kier molecular flexibility index (Phi) is 3.72. The molecule has 1 aromatic rings. The minimum Gasteiger partial charge on any atom is -0.462 e. The van der Waals surface area contributed by atoms with Crippen molar-refractivity contribution < 1.29 is 9.52 Å². The number of aliphatic hydroxyl groups is 1. The molecule has 0 amide bonds. The topological polar surface area (TPSA) is 36.6 Å². The van der Waals surface area contributed by atoms with Crippen molar-refractivity contribution in [2.24, 2.45) is 0 Å². The van der Waals surface area contributed by atoms with Crippen LogP contribution in [-0.4, -0.2) is 34.6 Å². The van der Waals surface area contributed by atoms with Crippen LogP contribution >= 0.6 is 11.8 Å². The predicted octanol–water partition coefficient (Wildman–Crippen LogP) is 1.71. The van der Waals surface area contributed by atoms with E-state index in [-0.39, 0.29) is 6.61 Å². The first-order chi connectivity index (χ1) is 7.29. The van der Waals surface area contributed by atoms with Crippen molar-refractivity contribution in [3.63, 3.8) is 0 Å². The summed E-state index contributed by atoms with van der Waals surface area (Å²) in [6.07, 6.45) is 1.27. The van der Waals surface area contributed by atoms with Crippen LogP contribution in [0.3, 0.4) is 0 Å². The summed E-state index contributed by atoms with van der Waals surface area (Å²) in [5.74, 6) is 4.09. The fraction of sp³-hybridized carbons (Fsp3) is 0.636. The minimum absolute atomic E-state index is 0.0109. The molecule has 84 valence electrons. The van der Waals surface area contributed by atoms with Crippen molar-refractivity contribution in [1.82, 2.24) is 4.90 Å². The molecule has 4 heteroatoms. The lowest BCUT2D eigenvalue weighted by Crippen LogP contribution is -2.30. The number of thioether (sulfide) groups is 1. The van der Waals surface area contributed by atoms with Gasteiger partial charge in [0.1, 0.15) is 18.1 Å². The Morgan fingerprint density at radius 1 is 1.53 bits per heavy atom. The Morgan fingerprint density at radius 3 is 2.93 bits per heavy atom. The monoisotopic (exact) mass is 227 g/mol. The fourth-order valence-electron chi connectivity index (χ4n) is 1.84. The molecule has 0 radical (unpaired) electrons. The third-order valence-electron chi connectivity index (χ3n) is 2.81. The summed E-state index contributed by atoms with van der Waals surface area (Å²) in [4.78, 5) is 2.33. The van der Waals surface area contributed by atoms with Gasteiger partial charge in [0.25, 0.3) is 0 Å². The van der Waals surface area contributed by atoms with Gasteiger partial charge in [-0.05, 0) is 31.4 Å². The molecular formula is C11H17NO2S. The molecular weight excluding hydrogens is 210 g/mol. The lowest BCUT2D eigenvalue weighted by atomic mass is 10.2. The summed E-state index contributed by atoms with van der Waals surface area (Å²) in [6.45, 7) is 0.828. The van der Waals surface area contributed by atoms with Gasteiger partial charge in [-0.2, -0.15) is 11.8 Å². The number of rotatable bonds is 4. The van der Waals surface area contributed by atoms with E-state index in [9.17, 15) is 0 Å². The number of hydrogen-bond donors (Lipinski definition) is 1. The lowest BCUT2D eigenvalue weighted by molar-refractivity contribution is 0.214. The first-order valence-corrected chi connectivity index (χ1v) is 6.41. The Balaban J connectivity index is 1.89. The molecule has 0 spiro atoms. The third-order valence-corrected chi connectivity index (χ3v) is 3.95. The Labute approximate surface area is 94.5 Å². The van der Waals surface area contributed by atoms with Crippen LogP contribution in [0.15, 0.2) is 16.5 Å². The van der Waals surface area contributed by atoms with Gasteiger partial charge in [0.05, 0.1) is 6.54 Å². The fourth-order valence-corrected chi connectivity index (χ4v) is 3.14. The zero-order valence-corrected chi connectivity index (χ0v) is 9.80. The Hall–Kier alpha value is -0.450. The zero-order valence-electron chi connectivity index (χ0n) is 8.98. The molecule has 1 atom stereocenters. The smallest absolute Gasteiger partial charge is 0.129 e. The van der Waals surface area contributed by atoms with Crippen LogP contribution in [-0.2, 0) is 13.2 Å². The van der Waals surface area contributed by atoms with E-state index >= 15 is 0 Å². The number of hydrogen-bond acceptors (Lipinski definition) is 4. The van der Waals surface area contributed by atoms with Gasteiger partial charge in [-0.15, -0.1) is 0 Å². The van der Waals surface area contributed by atoms with E-state index in [2.05, 4.69) is 11.9 Å². The molecule has 2 heterocycles. The average Bonchev–Trinajstić information content (AvgIpc) is 2.87. The Morgan fingerprint density at radius 2 is 2.33 bits per heavy atom. The van der Waals surface area contributed by atoms with Crippen molar-refractivity contribution in [3.8, 4) is 0 Å². The van der Waals surface area contributed by atoms with Crippen LogP contribution in [0.25, 0.3) is 0 Å². The summed E-state index contributed by atoms with van der Waals surface area (Å²) in [5.41, 5.74) is 0. The maximum atomic E-state index is 8.89.